The van der Waals surface area contributed by atoms with Crippen LogP contribution in [0.15, 0.2) is 40.2 Å². The molecule has 2 rings (SSSR count). The Morgan fingerprint density at radius 2 is 1.89 bits per heavy atom. The van der Waals surface area contributed by atoms with Gasteiger partial charge in [-0.3, -0.25) is 4.79 Å². The van der Waals surface area contributed by atoms with Crippen molar-refractivity contribution in [2.45, 2.75) is 13.8 Å². The lowest BCUT2D eigenvalue weighted by atomic mass is 10.2. The van der Waals surface area contributed by atoms with Crippen LogP contribution < -0.4 is 4.90 Å². The van der Waals surface area contributed by atoms with E-state index in [1.54, 1.807) is 0 Å². The third-order valence-electron chi connectivity index (χ3n) is 2.96. The summed E-state index contributed by atoms with van der Waals surface area (Å²) in [5.74, 6) is 0.165. The van der Waals surface area contributed by atoms with Crippen LogP contribution in [-0.4, -0.2) is 18.9 Å². The van der Waals surface area contributed by atoms with Gasteiger partial charge in [0.2, 0.25) is 0 Å². The monoisotopic (exact) mass is 337 g/mol. The number of anilines is 1. The number of halogens is 1. The number of nitrogens with zero attached hydrogens (tertiary/aromatic N) is 1. The van der Waals surface area contributed by atoms with E-state index in [1.807, 2.05) is 12.1 Å². The molecule has 0 saturated carbocycles. The predicted molar refractivity (Wildman–Crippen MR) is 85.4 cm³/mol. The molecule has 0 spiro atoms. The second-order valence-electron chi connectivity index (χ2n) is 4.38. The highest BCUT2D eigenvalue weighted by atomic mass is 79.9. The number of likely N-dealkylation sites (N-methyl/N-ethyl adjacent to an activating group) is 1. The summed E-state index contributed by atoms with van der Waals surface area (Å²) < 4.78 is 0.995. The second kappa shape index (κ2) is 6.35. The van der Waals surface area contributed by atoms with Crippen molar-refractivity contribution in [1.29, 1.82) is 0 Å². The number of Topliss-reactive ketones (excluding diaryl/α,β-unsaturated/α-hetero) is 1. The minimum Gasteiger partial charge on any atom is -0.364 e. The molecular formula is C15H16BrNOS. The van der Waals surface area contributed by atoms with Crippen LogP contribution in [0.4, 0.5) is 5.69 Å². The summed E-state index contributed by atoms with van der Waals surface area (Å²) in [4.78, 5) is 15.1. The fraction of sp³-hybridized carbons (Fsp3) is 0.267. The van der Waals surface area contributed by atoms with Crippen LogP contribution in [0.2, 0.25) is 0 Å². The highest BCUT2D eigenvalue weighted by molar-refractivity contribution is 9.11. The van der Waals surface area contributed by atoms with E-state index in [4.69, 9.17) is 0 Å². The Balaban J connectivity index is 2.11. The van der Waals surface area contributed by atoms with Gasteiger partial charge in [0.25, 0.3) is 0 Å². The van der Waals surface area contributed by atoms with Gasteiger partial charge in [0.1, 0.15) is 0 Å². The molecule has 0 aliphatic heterocycles. The third kappa shape index (κ3) is 3.67. The van der Waals surface area contributed by atoms with E-state index < -0.39 is 0 Å². The van der Waals surface area contributed by atoms with Crippen LogP contribution in [0.1, 0.15) is 22.2 Å². The number of thiophene rings is 1. The Morgan fingerprint density at radius 1 is 1.21 bits per heavy atom. The summed E-state index contributed by atoms with van der Waals surface area (Å²) in [6, 6.07) is 12.1. The summed E-state index contributed by atoms with van der Waals surface area (Å²) in [6.45, 7) is 5.37. The Hall–Kier alpha value is -1.13. The van der Waals surface area contributed by atoms with Gasteiger partial charge >= 0.3 is 0 Å². The van der Waals surface area contributed by atoms with E-state index in [0.29, 0.717) is 6.54 Å². The molecule has 0 fully saturated rings. The fourth-order valence-electron chi connectivity index (χ4n) is 1.86. The number of carbonyl (C=O) groups is 1. The lowest BCUT2D eigenvalue weighted by molar-refractivity contribution is 0.100. The van der Waals surface area contributed by atoms with Crippen LogP contribution >= 0.6 is 27.3 Å². The van der Waals surface area contributed by atoms with E-state index >= 15 is 0 Å². The van der Waals surface area contributed by atoms with E-state index in [0.717, 1.165) is 20.9 Å². The molecule has 4 heteroatoms. The molecule has 0 unspecified atom stereocenters. The van der Waals surface area contributed by atoms with Crippen molar-refractivity contribution in [3.63, 3.8) is 0 Å². The second-order valence-corrected chi connectivity index (χ2v) is 6.84. The van der Waals surface area contributed by atoms with Gasteiger partial charge in [0.05, 0.1) is 15.2 Å². The maximum Gasteiger partial charge on any atom is 0.192 e. The highest BCUT2D eigenvalue weighted by Crippen LogP contribution is 2.23. The maximum atomic E-state index is 12.2. The smallest absolute Gasteiger partial charge is 0.192 e. The van der Waals surface area contributed by atoms with Gasteiger partial charge in [0.15, 0.2) is 5.78 Å². The highest BCUT2D eigenvalue weighted by Gasteiger charge is 2.13. The van der Waals surface area contributed by atoms with Crippen molar-refractivity contribution in [3.05, 3.63) is 50.6 Å². The van der Waals surface area contributed by atoms with Crippen molar-refractivity contribution < 1.29 is 4.79 Å². The third-order valence-corrected chi connectivity index (χ3v) is 4.63. The van der Waals surface area contributed by atoms with Crippen molar-refractivity contribution in [2.24, 2.45) is 0 Å². The summed E-state index contributed by atoms with van der Waals surface area (Å²) in [5.41, 5.74) is 2.32. The van der Waals surface area contributed by atoms with Gasteiger partial charge in [0, 0.05) is 12.2 Å². The topological polar surface area (TPSA) is 20.3 Å². The van der Waals surface area contributed by atoms with Gasteiger partial charge in [-0.1, -0.05) is 17.7 Å². The van der Waals surface area contributed by atoms with E-state index in [9.17, 15) is 4.79 Å². The predicted octanol–water partition coefficient (Wildman–Crippen LogP) is 4.53. The first-order valence-corrected chi connectivity index (χ1v) is 7.81. The summed E-state index contributed by atoms with van der Waals surface area (Å²) in [5, 5.41) is 0. The van der Waals surface area contributed by atoms with Gasteiger partial charge in [-0.2, -0.15) is 0 Å². The Bertz CT molecular complexity index is 562. The summed E-state index contributed by atoms with van der Waals surface area (Å²) >= 11 is 4.88. The fourth-order valence-corrected chi connectivity index (χ4v) is 3.17. The first-order chi connectivity index (χ1) is 9.10. The molecular weight excluding hydrogens is 322 g/mol. The largest absolute Gasteiger partial charge is 0.364 e. The van der Waals surface area contributed by atoms with Gasteiger partial charge in [-0.15, -0.1) is 11.3 Å². The molecule has 19 heavy (non-hydrogen) atoms. The van der Waals surface area contributed by atoms with Crippen molar-refractivity contribution >= 4 is 38.7 Å². The van der Waals surface area contributed by atoms with Crippen LogP contribution in [0.3, 0.4) is 0 Å². The lowest BCUT2D eigenvalue weighted by Crippen LogP contribution is -2.29. The molecule has 1 aromatic heterocycles. The molecule has 0 radical (unpaired) electrons. The zero-order valence-corrected chi connectivity index (χ0v) is 13.4. The van der Waals surface area contributed by atoms with E-state index in [-0.39, 0.29) is 5.78 Å². The molecule has 0 atom stereocenters. The molecule has 2 nitrogen and oxygen atoms in total. The Labute approximate surface area is 126 Å². The SMILES string of the molecule is CCN(CC(=O)c1ccc(Br)s1)c1ccc(C)cc1. The molecule has 0 amide bonds. The van der Waals surface area contributed by atoms with E-state index in [1.165, 1.54) is 16.9 Å². The minimum absolute atomic E-state index is 0.165. The summed E-state index contributed by atoms with van der Waals surface area (Å²) in [7, 11) is 0. The molecule has 0 aliphatic carbocycles. The number of hydrogen-bond donors (Lipinski definition) is 0. The molecule has 0 bridgehead atoms. The Morgan fingerprint density at radius 3 is 2.42 bits per heavy atom. The molecule has 0 aliphatic rings. The average Bonchev–Trinajstić information content (AvgIpc) is 2.84. The molecule has 1 heterocycles. The standard InChI is InChI=1S/C15H16BrNOS/c1-3-17(12-6-4-11(2)5-7-12)10-13(18)14-8-9-15(16)19-14/h4-9H,3,10H2,1-2H3. The van der Waals surface area contributed by atoms with Crippen molar-refractivity contribution in [3.8, 4) is 0 Å². The molecule has 0 saturated heterocycles. The summed E-state index contributed by atoms with van der Waals surface area (Å²) in [6.07, 6.45) is 0. The molecule has 0 N–H and O–H groups in total. The van der Waals surface area contributed by atoms with Crippen LogP contribution in [0, 0.1) is 6.92 Å². The number of hydrogen-bond acceptors (Lipinski definition) is 3. The molecule has 1 aromatic carbocycles. The van der Waals surface area contributed by atoms with Gasteiger partial charge in [-0.25, -0.2) is 0 Å². The zero-order chi connectivity index (χ0) is 13.8. The first-order valence-electron chi connectivity index (χ1n) is 6.20. The lowest BCUT2D eigenvalue weighted by Gasteiger charge is -2.22. The van der Waals surface area contributed by atoms with Crippen molar-refractivity contribution in [1.82, 2.24) is 0 Å². The Kier molecular flexibility index (Phi) is 4.77. The van der Waals surface area contributed by atoms with Crippen LogP contribution in [-0.2, 0) is 0 Å². The van der Waals surface area contributed by atoms with Gasteiger partial charge in [-0.05, 0) is 54.0 Å². The molecule has 2 aromatic rings. The van der Waals surface area contributed by atoms with Gasteiger partial charge < -0.3 is 4.90 Å². The number of ketones is 1. The van der Waals surface area contributed by atoms with E-state index in [2.05, 4.69) is 58.9 Å². The first kappa shape index (κ1) is 14.3. The maximum absolute atomic E-state index is 12.2. The number of aryl methyl sites for hydroxylation is 1. The van der Waals surface area contributed by atoms with Crippen LogP contribution in [0.5, 0.6) is 0 Å². The number of benzene rings is 1. The number of rotatable bonds is 5. The zero-order valence-electron chi connectivity index (χ0n) is 11.0. The minimum atomic E-state index is 0.165. The van der Waals surface area contributed by atoms with Crippen LogP contribution in [0.25, 0.3) is 0 Å². The average molecular weight is 338 g/mol. The molecule has 100 valence electrons. The number of carbonyl (C=O) groups excluding carboxylic acids is 1. The quantitative estimate of drug-likeness (QED) is 0.747. The normalized spacial score (nSPS) is 10.5. The van der Waals surface area contributed by atoms with Crippen molar-refractivity contribution in [2.75, 3.05) is 18.0 Å².